The van der Waals surface area contributed by atoms with Gasteiger partial charge in [0.1, 0.15) is 5.82 Å². The van der Waals surface area contributed by atoms with Crippen LogP contribution >= 0.6 is 0 Å². The highest BCUT2D eigenvalue weighted by molar-refractivity contribution is 5.97. The molecule has 0 unspecified atom stereocenters. The van der Waals surface area contributed by atoms with Crippen molar-refractivity contribution < 1.29 is 9.90 Å². The molecule has 1 aliphatic rings. The van der Waals surface area contributed by atoms with Gasteiger partial charge >= 0.3 is 0 Å². The third kappa shape index (κ3) is 2.99. The van der Waals surface area contributed by atoms with Crippen molar-refractivity contribution in [2.45, 2.75) is 57.8 Å². The van der Waals surface area contributed by atoms with E-state index in [0.29, 0.717) is 11.6 Å². The molecule has 28 heavy (non-hydrogen) atoms. The second kappa shape index (κ2) is 7.05. The molecule has 0 saturated heterocycles. The van der Waals surface area contributed by atoms with Gasteiger partial charge in [0, 0.05) is 31.0 Å². The van der Waals surface area contributed by atoms with Crippen molar-refractivity contribution in [2.75, 3.05) is 7.05 Å². The first-order valence-electron chi connectivity index (χ1n) is 9.79. The van der Waals surface area contributed by atoms with Crippen LogP contribution in [0.3, 0.4) is 0 Å². The number of benzene rings is 1. The summed E-state index contributed by atoms with van der Waals surface area (Å²) in [6, 6.07) is 5.68. The van der Waals surface area contributed by atoms with E-state index in [4.69, 9.17) is 0 Å². The number of hydrogen-bond donors (Lipinski definition) is 1. The number of fused-ring (bicyclic) bond motifs is 1. The summed E-state index contributed by atoms with van der Waals surface area (Å²) in [7, 11) is 1.77. The van der Waals surface area contributed by atoms with E-state index in [1.807, 2.05) is 42.2 Å². The molecule has 2 heterocycles. The van der Waals surface area contributed by atoms with Gasteiger partial charge in [0.25, 0.3) is 5.91 Å². The van der Waals surface area contributed by atoms with E-state index in [9.17, 15) is 9.90 Å². The number of rotatable bonds is 4. The molecule has 4 rings (SSSR count). The first-order valence-corrected chi connectivity index (χ1v) is 9.79. The van der Waals surface area contributed by atoms with Gasteiger partial charge in [-0.25, -0.2) is 9.97 Å². The maximum Gasteiger partial charge on any atom is 0.254 e. The van der Waals surface area contributed by atoms with Gasteiger partial charge in [0.15, 0.2) is 0 Å². The van der Waals surface area contributed by atoms with Crippen LogP contribution in [0.1, 0.15) is 55.0 Å². The summed E-state index contributed by atoms with van der Waals surface area (Å²) < 4.78 is 4.10. The molecule has 148 valence electrons. The third-order valence-corrected chi connectivity index (χ3v) is 5.96. The molecule has 1 aromatic carbocycles. The molecule has 2 aromatic heterocycles. The van der Waals surface area contributed by atoms with Gasteiger partial charge in [-0.15, -0.1) is 0 Å². The lowest BCUT2D eigenvalue weighted by Gasteiger charge is -2.29. The van der Waals surface area contributed by atoms with E-state index in [1.54, 1.807) is 18.1 Å². The van der Waals surface area contributed by atoms with E-state index in [-0.39, 0.29) is 18.0 Å². The molecule has 0 aliphatic heterocycles. The Kier molecular flexibility index (Phi) is 4.71. The molecule has 7 nitrogen and oxygen atoms in total. The number of imidazole rings is 2. The molecule has 1 N–H and O–H groups in total. The van der Waals surface area contributed by atoms with Gasteiger partial charge < -0.3 is 19.1 Å². The molecule has 1 amide bonds. The topological polar surface area (TPSA) is 76.2 Å². The van der Waals surface area contributed by atoms with E-state index < -0.39 is 6.10 Å². The fourth-order valence-corrected chi connectivity index (χ4v) is 4.33. The molecule has 1 aliphatic carbocycles. The lowest BCUT2D eigenvalue weighted by molar-refractivity contribution is 0.0441. The largest absolute Gasteiger partial charge is 0.389 e. The Morgan fingerprint density at radius 3 is 2.75 bits per heavy atom. The second-order valence-electron chi connectivity index (χ2n) is 7.95. The summed E-state index contributed by atoms with van der Waals surface area (Å²) in [5.74, 6) is 0.790. The van der Waals surface area contributed by atoms with Crippen LogP contribution in [0.25, 0.3) is 11.0 Å². The molecular formula is C21H27N5O2. The molecule has 7 heteroatoms. The van der Waals surface area contributed by atoms with Crippen LogP contribution in [0.4, 0.5) is 0 Å². The quantitative estimate of drug-likeness (QED) is 0.754. The standard InChI is InChI=1S/C21H27N5O2/c1-13(2)26-12-23-16-11-15(5-6-17(16)26)21(28)24(4)18-7-8-19(20(18)27)25-10-9-22-14(25)3/h5-6,9-13,18-20,27H,7-8H2,1-4H3/t18-,19-,20-/m1/s1. The van der Waals surface area contributed by atoms with Gasteiger partial charge in [0.05, 0.1) is 35.5 Å². The monoisotopic (exact) mass is 381 g/mol. The fraction of sp³-hybridized carbons (Fsp3) is 0.476. The summed E-state index contributed by atoms with van der Waals surface area (Å²) in [6.45, 7) is 6.14. The summed E-state index contributed by atoms with van der Waals surface area (Å²) in [5.41, 5.74) is 2.43. The Labute approximate surface area is 164 Å². The lowest BCUT2D eigenvalue weighted by Crippen LogP contribution is -2.43. The average molecular weight is 381 g/mol. The van der Waals surface area contributed by atoms with Crippen LogP contribution in [0.5, 0.6) is 0 Å². The third-order valence-electron chi connectivity index (χ3n) is 5.96. The normalized spacial score (nSPS) is 22.3. The van der Waals surface area contributed by atoms with Crippen molar-refractivity contribution in [1.29, 1.82) is 0 Å². The zero-order valence-electron chi connectivity index (χ0n) is 16.8. The highest BCUT2D eigenvalue weighted by Gasteiger charge is 2.40. The Hall–Kier alpha value is -2.67. The molecule has 1 saturated carbocycles. The Bertz CT molecular complexity index is 1010. The summed E-state index contributed by atoms with van der Waals surface area (Å²) in [5, 5.41) is 10.9. The molecular weight excluding hydrogens is 354 g/mol. The number of aliphatic hydroxyl groups is 1. The minimum atomic E-state index is -0.620. The van der Waals surface area contributed by atoms with Crippen LogP contribution in [-0.2, 0) is 0 Å². The van der Waals surface area contributed by atoms with Crippen molar-refractivity contribution in [3.05, 3.63) is 48.3 Å². The first kappa shape index (κ1) is 18.7. The smallest absolute Gasteiger partial charge is 0.254 e. The average Bonchev–Trinajstić information content (AvgIpc) is 3.38. The van der Waals surface area contributed by atoms with Crippen molar-refractivity contribution in [3.8, 4) is 0 Å². The molecule has 0 spiro atoms. The number of aliphatic hydroxyl groups excluding tert-OH is 1. The predicted octanol–water partition coefficient (Wildman–Crippen LogP) is 2.96. The van der Waals surface area contributed by atoms with Crippen LogP contribution in [0, 0.1) is 6.92 Å². The van der Waals surface area contributed by atoms with Crippen LogP contribution in [0.15, 0.2) is 36.9 Å². The Morgan fingerprint density at radius 1 is 1.29 bits per heavy atom. The summed E-state index contributed by atoms with van der Waals surface area (Å²) in [6.07, 6.45) is 6.41. The SMILES string of the molecule is Cc1nccn1[C@@H]1CC[C@@H](N(C)C(=O)c2ccc3c(c2)ncn3C(C)C)[C@H]1O. The molecule has 0 radical (unpaired) electrons. The van der Waals surface area contributed by atoms with Gasteiger partial charge in [-0.05, 0) is 51.8 Å². The van der Waals surface area contributed by atoms with Gasteiger partial charge in [-0.2, -0.15) is 0 Å². The molecule has 3 aromatic rings. The zero-order chi connectivity index (χ0) is 20.0. The van der Waals surface area contributed by atoms with Gasteiger partial charge in [-0.3, -0.25) is 4.79 Å². The maximum atomic E-state index is 13.1. The number of carbonyl (C=O) groups is 1. The van der Waals surface area contributed by atoms with Gasteiger partial charge in [-0.1, -0.05) is 0 Å². The number of amides is 1. The lowest BCUT2D eigenvalue weighted by atomic mass is 10.1. The number of aryl methyl sites for hydroxylation is 1. The number of hydrogen-bond acceptors (Lipinski definition) is 4. The van der Waals surface area contributed by atoms with Crippen molar-refractivity contribution in [1.82, 2.24) is 24.0 Å². The van der Waals surface area contributed by atoms with Crippen LogP contribution in [-0.4, -0.2) is 54.2 Å². The molecule has 0 bridgehead atoms. The predicted molar refractivity (Wildman–Crippen MR) is 107 cm³/mol. The van der Waals surface area contributed by atoms with Crippen molar-refractivity contribution >= 4 is 16.9 Å². The summed E-state index contributed by atoms with van der Waals surface area (Å²) >= 11 is 0. The first-order chi connectivity index (χ1) is 13.4. The highest BCUT2D eigenvalue weighted by Crippen LogP contribution is 2.34. The summed E-state index contributed by atoms with van der Waals surface area (Å²) in [4.78, 5) is 23.5. The Balaban J connectivity index is 1.55. The van der Waals surface area contributed by atoms with Crippen LogP contribution < -0.4 is 0 Å². The Morgan fingerprint density at radius 2 is 2.07 bits per heavy atom. The van der Waals surface area contributed by atoms with E-state index in [1.165, 1.54) is 0 Å². The maximum absolute atomic E-state index is 13.1. The number of nitrogens with zero attached hydrogens (tertiary/aromatic N) is 5. The van der Waals surface area contributed by atoms with E-state index in [0.717, 1.165) is 29.7 Å². The van der Waals surface area contributed by atoms with Crippen LogP contribution in [0.2, 0.25) is 0 Å². The second-order valence-corrected chi connectivity index (χ2v) is 7.95. The highest BCUT2D eigenvalue weighted by atomic mass is 16.3. The number of carbonyl (C=O) groups excluding carboxylic acids is 1. The van der Waals surface area contributed by atoms with E-state index >= 15 is 0 Å². The minimum Gasteiger partial charge on any atom is -0.389 e. The number of likely N-dealkylation sites (N-methyl/N-ethyl adjacent to an activating group) is 1. The zero-order valence-corrected chi connectivity index (χ0v) is 16.8. The van der Waals surface area contributed by atoms with E-state index in [2.05, 4.69) is 28.4 Å². The number of aromatic nitrogens is 4. The fourth-order valence-electron chi connectivity index (χ4n) is 4.33. The van der Waals surface area contributed by atoms with Crippen molar-refractivity contribution in [3.63, 3.8) is 0 Å². The molecule has 1 fully saturated rings. The van der Waals surface area contributed by atoms with Gasteiger partial charge in [0.2, 0.25) is 0 Å². The van der Waals surface area contributed by atoms with Crippen molar-refractivity contribution in [2.24, 2.45) is 0 Å². The minimum absolute atomic E-state index is 0.0491. The molecule has 3 atom stereocenters.